The molecule has 0 spiro atoms. The highest BCUT2D eigenvalue weighted by atomic mass is 16.2. The Labute approximate surface area is 156 Å². The molecule has 2 aliphatic rings. The van der Waals surface area contributed by atoms with E-state index in [1.807, 2.05) is 36.1 Å². The number of likely N-dealkylation sites (tertiary alicyclic amines) is 1. The minimum atomic E-state index is -0.00714. The van der Waals surface area contributed by atoms with Gasteiger partial charge in [0.15, 0.2) is 0 Å². The van der Waals surface area contributed by atoms with Gasteiger partial charge in [0.2, 0.25) is 5.91 Å². The average molecular weight is 357 g/mol. The normalized spacial score (nSPS) is 18.7. The quantitative estimate of drug-likeness (QED) is 0.838. The Balaban J connectivity index is 1.35. The number of nitrogens with one attached hydrogen (secondary N) is 2. The maximum atomic E-state index is 12.4. The van der Waals surface area contributed by atoms with Crippen molar-refractivity contribution in [2.24, 2.45) is 11.8 Å². The summed E-state index contributed by atoms with van der Waals surface area (Å²) < 4.78 is 0. The van der Waals surface area contributed by atoms with E-state index in [9.17, 15) is 9.59 Å². The van der Waals surface area contributed by atoms with Crippen LogP contribution in [0.2, 0.25) is 0 Å². The molecule has 0 atom stereocenters. The van der Waals surface area contributed by atoms with Gasteiger partial charge in [-0.15, -0.1) is 0 Å². The van der Waals surface area contributed by atoms with Crippen LogP contribution in [0.1, 0.15) is 50.5 Å². The van der Waals surface area contributed by atoms with Crippen LogP contribution in [0.3, 0.4) is 0 Å². The molecule has 3 amide bonds. The minimum Gasteiger partial charge on any atom is -0.356 e. The third-order valence-electron chi connectivity index (χ3n) is 5.87. The first-order chi connectivity index (χ1) is 12.6. The van der Waals surface area contributed by atoms with Crippen LogP contribution < -0.4 is 10.6 Å². The van der Waals surface area contributed by atoms with Gasteiger partial charge in [0.25, 0.3) is 0 Å². The molecule has 2 fully saturated rings. The van der Waals surface area contributed by atoms with Crippen molar-refractivity contribution in [3.63, 3.8) is 0 Å². The van der Waals surface area contributed by atoms with E-state index >= 15 is 0 Å². The molecule has 1 heterocycles. The van der Waals surface area contributed by atoms with E-state index in [2.05, 4.69) is 10.6 Å². The zero-order chi connectivity index (χ0) is 18.4. The van der Waals surface area contributed by atoms with Crippen molar-refractivity contribution in [2.45, 2.75) is 51.9 Å². The zero-order valence-electron chi connectivity index (χ0n) is 15.8. The lowest BCUT2D eigenvalue weighted by atomic mass is 9.93. The third kappa shape index (κ3) is 4.99. The van der Waals surface area contributed by atoms with Crippen LogP contribution in [-0.2, 0) is 4.79 Å². The molecule has 5 heteroatoms. The Hall–Kier alpha value is -2.04. The fraction of sp³-hybridized carbons (Fsp3) is 0.619. The molecule has 3 rings (SSSR count). The molecule has 1 aromatic carbocycles. The van der Waals surface area contributed by atoms with Gasteiger partial charge in [-0.05, 0) is 56.6 Å². The minimum absolute atomic E-state index is 0.00714. The maximum absolute atomic E-state index is 12.4. The first-order valence-corrected chi connectivity index (χ1v) is 10.0. The molecule has 26 heavy (non-hydrogen) atoms. The lowest BCUT2D eigenvalue weighted by Crippen LogP contribution is -2.41. The molecule has 5 nitrogen and oxygen atoms in total. The molecule has 0 aromatic heterocycles. The molecule has 1 aliphatic carbocycles. The third-order valence-corrected chi connectivity index (χ3v) is 5.87. The number of benzene rings is 1. The summed E-state index contributed by atoms with van der Waals surface area (Å²) in [6, 6.07) is 7.85. The van der Waals surface area contributed by atoms with E-state index in [-0.39, 0.29) is 17.9 Å². The second-order valence-electron chi connectivity index (χ2n) is 7.74. The Bertz CT molecular complexity index is 617. The number of anilines is 1. The topological polar surface area (TPSA) is 61.4 Å². The highest BCUT2D eigenvalue weighted by Crippen LogP contribution is 2.25. The number of carbonyl (C=O) groups excluding carboxylic acids is 2. The molecule has 0 radical (unpaired) electrons. The lowest BCUT2D eigenvalue weighted by Gasteiger charge is -2.32. The molecular formula is C21H31N3O2. The van der Waals surface area contributed by atoms with Crippen LogP contribution >= 0.6 is 0 Å². The van der Waals surface area contributed by atoms with Gasteiger partial charge in [-0.2, -0.15) is 0 Å². The SMILES string of the molecule is Cc1ccccc1NC(=O)N1CCC(CCNC(=O)C2CCCC2)CC1. The number of piperidine rings is 1. The van der Waals surface area contributed by atoms with E-state index in [0.29, 0.717) is 5.92 Å². The molecule has 1 aromatic rings. The van der Waals surface area contributed by atoms with Gasteiger partial charge in [0, 0.05) is 31.2 Å². The first-order valence-electron chi connectivity index (χ1n) is 10.0. The summed E-state index contributed by atoms with van der Waals surface area (Å²) in [5.74, 6) is 1.10. The Morgan fingerprint density at radius 1 is 1.08 bits per heavy atom. The average Bonchev–Trinajstić information content (AvgIpc) is 3.19. The zero-order valence-corrected chi connectivity index (χ0v) is 15.8. The first kappa shape index (κ1) is 18.7. The standard InChI is InChI=1S/C21H31N3O2/c1-16-6-2-5-9-19(16)23-21(26)24-14-11-17(12-15-24)10-13-22-20(25)18-7-3-4-8-18/h2,5-6,9,17-18H,3-4,7-8,10-15H2,1H3,(H,22,25)(H,23,26). The smallest absolute Gasteiger partial charge is 0.321 e. The summed E-state index contributed by atoms with van der Waals surface area (Å²) in [6.45, 7) is 4.36. The number of amides is 3. The molecule has 0 unspecified atom stereocenters. The van der Waals surface area contributed by atoms with Crippen LogP contribution in [0.15, 0.2) is 24.3 Å². The molecular weight excluding hydrogens is 326 g/mol. The summed E-state index contributed by atoms with van der Waals surface area (Å²) in [6.07, 6.45) is 7.55. The van der Waals surface area contributed by atoms with Crippen molar-refractivity contribution in [3.8, 4) is 0 Å². The molecule has 1 aliphatic heterocycles. The van der Waals surface area contributed by atoms with E-state index < -0.39 is 0 Å². The van der Waals surface area contributed by atoms with Crippen molar-refractivity contribution in [2.75, 3.05) is 25.0 Å². The van der Waals surface area contributed by atoms with Crippen molar-refractivity contribution in [1.82, 2.24) is 10.2 Å². The summed E-state index contributed by atoms with van der Waals surface area (Å²) in [5, 5.41) is 6.13. The highest BCUT2D eigenvalue weighted by Gasteiger charge is 2.24. The number of nitrogens with zero attached hydrogens (tertiary/aromatic N) is 1. The van der Waals surface area contributed by atoms with Gasteiger partial charge in [0.1, 0.15) is 0 Å². The van der Waals surface area contributed by atoms with Crippen LogP contribution in [0.25, 0.3) is 0 Å². The van der Waals surface area contributed by atoms with E-state index in [4.69, 9.17) is 0 Å². The number of rotatable bonds is 5. The van der Waals surface area contributed by atoms with Crippen molar-refractivity contribution >= 4 is 17.6 Å². The van der Waals surface area contributed by atoms with Crippen molar-refractivity contribution < 1.29 is 9.59 Å². The molecule has 2 N–H and O–H groups in total. The predicted molar refractivity (Wildman–Crippen MR) is 104 cm³/mol. The Morgan fingerprint density at radius 3 is 2.46 bits per heavy atom. The largest absolute Gasteiger partial charge is 0.356 e. The van der Waals surface area contributed by atoms with Crippen LogP contribution in [0, 0.1) is 18.8 Å². The Kier molecular flexibility index (Phi) is 6.53. The monoisotopic (exact) mass is 357 g/mol. The second kappa shape index (κ2) is 9.06. The van der Waals surface area contributed by atoms with E-state index in [1.54, 1.807) is 0 Å². The second-order valence-corrected chi connectivity index (χ2v) is 7.74. The van der Waals surface area contributed by atoms with Gasteiger partial charge in [-0.1, -0.05) is 31.0 Å². The van der Waals surface area contributed by atoms with Gasteiger partial charge in [0.05, 0.1) is 0 Å². The van der Waals surface area contributed by atoms with Crippen LogP contribution in [0.5, 0.6) is 0 Å². The van der Waals surface area contributed by atoms with Crippen LogP contribution in [0.4, 0.5) is 10.5 Å². The number of urea groups is 1. The fourth-order valence-corrected chi connectivity index (χ4v) is 4.06. The number of hydrogen-bond acceptors (Lipinski definition) is 2. The number of aryl methyl sites for hydroxylation is 1. The van der Waals surface area contributed by atoms with E-state index in [0.717, 1.165) is 63.0 Å². The fourth-order valence-electron chi connectivity index (χ4n) is 4.06. The maximum Gasteiger partial charge on any atom is 0.321 e. The van der Waals surface area contributed by atoms with Gasteiger partial charge < -0.3 is 15.5 Å². The van der Waals surface area contributed by atoms with Gasteiger partial charge in [-0.3, -0.25) is 4.79 Å². The molecule has 142 valence electrons. The van der Waals surface area contributed by atoms with Gasteiger partial charge in [-0.25, -0.2) is 4.79 Å². The number of hydrogen-bond donors (Lipinski definition) is 2. The van der Waals surface area contributed by atoms with Crippen molar-refractivity contribution in [1.29, 1.82) is 0 Å². The van der Waals surface area contributed by atoms with Gasteiger partial charge >= 0.3 is 6.03 Å². The summed E-state index contributed by atoms with van der Waals surface area (Å²) in [7, 11) is 0. The number of carbonyl (C=O) groups is 2. The molecule has 1 saturated carbocycles. The summed E-state index contributed by atoms with van der Waals surface area (Å²) in [5.41, 5.74) is 1.96. The molecule has 0 bridgehead atoms. The predicted octanol–water partition coefficient (Wildman–Crippen LogP) is 3.94. The van der Waals surface area contributed by atoms with E-state index in [1.165, 1.54) is 12.8 Å². The molecule has 1 saturated heterocycles. The van der Waals surface area contributed by atoms with Crippen LogP contribution in [-0.4, -0.2) is 36.5 Å². The summed E-state index contributed by atoms with van der Waals surface area (Å²) >= 11 is 0. The highest BCUT2D eigenvalue weighted by molar-refractivity contribution is 5.90. The Morgan fingerprint density at radius 2 is 1.77 bits per heavy atom. The lowest BCUT2D eigenvalue weighted by molar-refractivity contribution is -0.124. The number of para-hydroxylation sites is 1. The summed E-state index contributed by atoms with van der Waals surface area (Å²) in [4.78, 5) is 26.4. The van der Waals surface area contributed by atoms with Crippen molar-refractivity contribution in [3.05, 3.63) is 29.8 Å².